The van der Waals surface area contributed by atoms with Crippen molar-refractivity contribution in [2.45, 2.75) is 77.5 Å². The Morgan fingerprint density at radius 2 is 1.44 bits per heavy atom. The van der Waals surface area contributed by atoms with Gasteiger partial charge in [-0.3, -0.25) is 4.79 Å². The molecule has 0 bridgehead atoms. The number of aromatic nitrogens is 2. The molecule has 228 valence electrons. The lowest BCUT2D eigenvalue weighted by atomic mass is 9.79. The summed E-state index contributed by atoms with van der Waals surface area (Å²) < 4.78 is 25.3. The molecule has 0 atom stereocenters. The van der Waals surface area contributed by atoms with Crippen molar-refractivity contribution in [2.75, 3.05) is 5.32 Å². The number of aromatic hydroxyl groups is 1. The summed E-state index contributed by atoms with van der Waals surface area (Å²) >= 11 is 0. The summed E-state index contributed by atoms with van der Waals surface area (Å²) in [7, 11) is -3.86. The minimum Gasteiger partial charge on any atom is -0.507 e. The molecule has 0 fully saturated rings. The number of phenols is 1. The third kappa shape index (κ3) is 7.35. The average molecular weight is 603 g/mol. The van der Waals surface area contributed by atoms with E-state index >= 15 is 0 Å². The zero-order valence-electron chi connectivity index (χ0n) is 26.2. The van der Waals surface area contributed by atoms with Crippen molar-refractivity contribution in [1.82, 2.24) is 9.78 Å². The number of hydrogen-bond donors (Lipinski definition) is 3. The van der Waals surface area contributed by atoms with Gasteiger partial charge in [-0.1, -0.05) is 79.7 Å². The van der Waals surface area contributed by atoms with Crippen molar-refractivity contribution in [1.29, 1.82) is 0 Å². The number of hydrogen-bond acceptors (Lipinski definition) is 5. The first kappa shape index (κ1) is 32.0. The zero-order valence-corrected chi connectivity index (χ0v) is 27.0. The number of benzene rings is 3. The molecule has 0 aliphatic carbocycles. The van der Waals surface area contributed by atoms with Gasteiger partial charge in [0.05, 0.1) is 16.3 Å². The fourth-order valence-electron chi connectivity index (χ4n) is 5.00. The quantitative estimate of drug-likeness (QED) is 0.198. The second-order valence-electron chi connectivity index (χ2n) is 13.5. The van der Waals surface area contributed by atoms with Crippen molar-refractivity contribution in [3.05, 3.63) is 89.1 Å². The smallest absolute Gasteiger partial charge is 0.276 e. The molecule has 1 heterocycles. The van der Waals surface area contributed by atoms with Crippen LogP contribution in [-0.4, -0.2) is 29.2 Å². The lowest BCUT2D eigenvalue weighted by Crippen LogP contribution is -2.19. The molecule has 0 unspecified atom stereocenters. The van der Waals surface area contributed by atoms with Crippen LogP contribution in [0, 0.1) is 5.92 Å². The summed E-state index contributed by atoms with van der Waals surface area (Å²) in [6, 6.07) is 19.5. The molecular weight excluding hydrogens is 560 g/mol. The highest BCUT2D eigenvalue weighted by Crippen LogP contribution is 2.41. The van der Waals surface area contributed by atoms with Gasteiger partial charge in [0, 0.05) is 22.4 Å². The molecular formula is C34H42N4O4S. The Morgan fingerprint density at radius 3 is 1.91 bits per heavy atom. The van der Waals surface area contributed by atoms with Crippen molar-refractivity contribution in [3.63, 3.8) is 0 Å². The summed E-state index contributed by atoms with van der Waals surface area (Å²) in [6.45, 7) is 16.4. The van der Waals surface area contributed by atoms with Crippen molar-refractivity contribution >= 4 is 21.6 Å². The third-order valence-corrected chi connectivity index (χ3v) is 8.16. The van der Waals surface area contributed by atoms with E-state index in [1.165, 1.54) is 17.7 Å². The van der Waals surface area contributed by atoms with E-state index in [4.69, 9.17) is 5.14 Å². The van der Waals surface area contributed by atoms with Crippen LogP contribution < -0.4 is 10.5 Å². The van der Waals surface area contributed by atoms with E-state index in [9.17, 15) is 18.3 Å². The van der Waals surface area contributed by atoms with Crippen LogP contribution in [0.5, 0.6) is 5.75 Å². The van der Waals surface area contributed by atoms with E-state index in [0.29, 0.717) is 23.0 Å². The van der Waals surface area contributed by atoms with Crippen molar-refractivity contribution < 1.29 is 18.3 Å². The zero-order chi connectivity index (χ0) is 31.9. The Morgan fingerprint density at radius 1 is 0.907 bits per heavy atom. The van der Waals surface area contributed by atoms with Crippen LogP contribution in [0.25, 0.3) is 16.9 Å². The molecule has 9 heteroatoms. The molecule has 0 aliphatic heterocycles. The SMILES string of the molecule is CC(C)Cc1ccc(-c2cc(C(=O)Nc3cc(C(C)(C)C)c(O)c(C(C)(C)C)c3)nn2-c2ccc(S(N)(=O)=O)cc2)cc1. The van der Waals surface area contributed by atoms with E-state index in [1.807, 2.05) is 53.7 Å². The first-order valence-corrected chi connectivity index (χ1v) is 15.9. The Kier molecular flexibility index (Phi) is 8.64. The summed E-state index contributed by atoms with van der Waals surface area (Å²) in [5.41, 5.74) is 4.79. The number of carbonyl (C=O) groups excluding carboxylic acids is 1. The number of phenolic OH excluding ortho intramolecular Hbond substituents is 1. The number of amides is 1. The molecule has 0 radical (unpaired) electrons. The van der Waals surface area contributed by atoms with E-state index in [-0.39, 0.29) is 27.2 Å². The summed E-state index contributed by atoms with van der Waals surface area (Å²) in [4.78, 5) is 13.6. The molecule has 0 saturated heterocycles. The summed E-state index contributed by atoms with van der Waals surface area (Å²) in [6.07, 6.45) is 0.946. The number of nitrogens with zero attached hydrogens (tertiary/aromatic N) is 2. The average Bonchev–Trinajstić information content (AvgIpc) is 3.34. The van der Waals surface area contributed by atoms with Crippen LogP contribution in [0.2, 0.25) is 0 Å². The Labute approximate surface area is 255 Å². The van der Waals surface area contributed by atoms with Gasteiger partial charge in [0.15, 0.2) is 5.69 Å². The van der Waals surface area contributed by atoms with Crippen molar-refractivity contribution in [2.24, 2.45) is 11.1 Å². The fraction of sp³-hybridized carbons (Fsp3) is 0.353. The number of rotatable bonds is 7. The number of anilines is 1. The lowest BCUT2D eigenvalue weighted by molar-refractivity contribution is 0.102. The maximum absolute atomic E-state index is 13.7. The molecule has 0 saturated carbocycles. The van der Waals surface area contributed by atoms with Crippen LogP contribution in [0.4, 0.5) is 5.69 Å². The van der Waals surface area contributed by atoms with E-state index < -0.39 is 15.9 Å². The second-order valence-corrected chi connectivity index (χ2v) is 15.1. The molecule has 4 N–H and O–H groups in total. The van der Waals surface area contributed by atoms with Crippen LogP contribution in [0.1, 0.15) is 82.6 Å². The van der Waals surface area contributed by atoms with Crippen LogP contribution >= 0.6 is 0 Å². The lowest BCUT2D eigenvalue weighted by Gasteiger charge is -2.28. The van der Waals surface area contributed by atoms with Gasteiger partial charge < -0.3 is 10.4 Å². The Bertz CT molecular complexity index is 1710. The first-order valence-electron chi connectivity index (χ1n) is 14.4. The molecule has 1 aromatic heterocycles. The van der Waals surface area contributed by atoms with Gasteiger partial charge in [0.1, 0.15) is 5.75 Å². The predicted octanol–water partition coefficient (Wildman–Crippen LogP) is 6.94. The standard InChI is InChI=1S/C34H42N4O4S/c1-21(2)17-22-9-11-23(12-10-22)30-20-29(37-38(30)25-13-15-26(16-14-25)43(35,41)42)32(40)36-24-18-27(33(3,4)5)31(39)28(19-24)34(6,7)8/h9-16,18-21,39H,17H2,1-8H3,(H,36,40)(H2,35,41,42). The maximum atomic E-state index is 13.7. The van der Waals surface area contributed by atoms with Gasteiger partial charge in [-0.25, -0.2) is 18.2 Å². The normalized spacial score (nSPS) is 12.5. The Hall–Kier alpha value is -3.95. The number of carbonyl (C=O) groups is 1. The topological polar surface area (TPSA) is 127 Å². The van der Waals surface area contributed by atoms with Crippen LogP contribution in [-0.2, 0) is 27.3 Å². The van der Waals surface area contributed by atoms with Gasteiger partial charge in [0.2, 0.25) is 10.0 Å². The number of nitrogens with one attached hydrogen (secondary N) is 1. The van der Waals surface area contributed by atoms with Gasteiger partial charge in [-0.05, 0) is 71.2 Å². The molecule has 0 spiro atoms. The van der Waals surface area contributed by atoms with Crippen LogP contribution in [0.3, 0.4) is 0 Å². The van der Waals surface area contributed by atoms with E-state index in [0.717, 1.165) is 23.1 Å². The predicted molar refractivity (Wildman–Crippen MR) is 172 cm³/mol. The summed E-state index contributed by atoms with van der Waals surface area (Å²) in [5, 5.41) is 24.0. The maximum Gasteiger partial charge on any atom is 0.276 e. The highest BCUT2D eigenvalue weighted by atomic mass is 32.2. The number of sulfonamides is 1. The first-order chi connectivity index (χ1) is 19.8. The van der Waals surface area contributed by atoms with E-state index in [2.05, 4.69) is 36.4 Å². The largest absolute Gasteiger partial charge is 0.507 e. The van der Waals surface area contributed by atoms with Gasteiger partial charge in [-0.15, -0.1) is 0 Å². The van der Waals surface area contributed by atoms with Gasteiger partial charge in [-0.2, -0.15) is 5.10 Å². The molecule has 43 heavy (non-hydrogen) atoms. The monoisotopic (exact) mass is 602 g/mol. The number of primary sulfonamides is 1. The molecule has 4 rings (SSSR count). The number of nitrogens with two attached hydrogens (primary N) is 1. The van der Waals surface area contributed by atoms with Crippen molar-refractivity contribution in [3.8, 4) is 22.7 Å². The summed E-state index contributed by atoms with van der Waals surface area (Å²) in [5.74, 6) is 0.331. The van der Waals surface area contributed by atoms with Crippen LogP contribution in [0.15, 0.2) is 71.6 Å². The minimum absolute atomic E-state index is 0.0161. The third-order valence-electron chi connectivity index (χ3n) is 7.23. The fourth-order valence-corrected chi connectivity index (χ4v) is 5.52. The molecule has 8 nitrogen and oxygen atoms in total. The molecule has 3 aromatic carbocycles. The highest BCUT2D eigenvalue weighted by Gasteiger charge is 2.27. The molecule has 4 aromatic rings. The molecule has 0 aliphatic rings. The highest BCUT2D eigenvalue weighted by molar-refractivity contribution is 7.89. The van der Waals surface area contributed by atoms with Gasteiger partial charge >= 0.3 is 0 Å². The van der Waals surface area contributed by atoms with E-state index in [1.54, 1.807) is 35.0 Å². The molecule has 1 amide bonds. The van der Waals surface area contributed by atoms with Gasteiger partial charge in [0.25, 0.3) is 5.91 Å². The second kappa shape index (κ2) is 11.6. The Balaban J connectivity index is 1.79. The minimum atomic E-state index is -3.86.